The van der Waals surface area contributed by atoms with E-state index in [-0.39, 0.29) is 29.6 Å². The number of hydrogen-bond donors (Lipinski definition) is 4. The van der Waals surface area contributed by atoms with Crippen molar-refractivity contribution in [1.29, 1.82) is 0 Å². The van der Waals surface area contributed by atoms with Crippen LogP contribution in [0.5, 0.6) is 0 Å². The van der Waals surface area contributed by atoms with Gasteiger partial charge in [-0.05, 0) is 0 Å². The number of rotatable bonds is 3. The summed E-state index contributed by atoms with van der Waals surface area (Å²) in [5, 5.41) is 36.6. The summed E-state index contributed by atoms with van der Waals surface area (Å²) in [6.07, 6.45) is -8.37. The Morgan fingerprint density at radius 1 is 1.12 bits per heavy atom. The zero-order valence-electron chi connectivity index (χ0n) is 8.83. The smallest absolute Gasteiger partial charge is 0.726 e. The third kappa shape index (κ3) is 5.04. The second kappa shape index (κ2) is 6.73. The van der Waals surface area contributed by atoms with E-state index >= 15 is 0 Å². The Labute approximate surface area is 119 Å². The first-order chi connectivity index (χ1) is 7.22. The van der Waals surface area contributed by atoms with Gasteiger partial charge in [0.15, 0.2) is 6.29 Å². The third-order valence-electron chi connectivity index (χ3n) is 2.06. The van der Waals surface area contributed by atoms with Gasteiger partial charge in [-0.1, -0.05) is 0 Å². The fourth-order valence-corrected chi connectivity index (χ4v) is 1.52. The quantitative estimate of drug-likeness (QED) is 0.224. The minimum atomic E-state index is -4.96. The summed E-state index contributed by atoms with van der Waals surface area (Å²) in [7, 11) is -4.96. The van der Waals surface area contributed by atoms with E-state index in [1.807, 2.05) is 0 Å². The molecule has 1 rings (SSSR count). The molecule has 17 heavy (non-hydrogen) atoms. The van der Waals surface area contributed by atoms with Gasteiger partial charge in [0, 0.05) is 0 Å². The number of hydrogen-bond acceptors (Lipinski definition) is 9. The van der Waals surface area contributed by atoms with Crippen LogP contribution in [0.4, 0.5) is 0 Å². The van der Waals surface area contributed by atoms with Crippen molar-refractivity contribution in [3.8, 4) is 0 Å². The Balaban J connectivity index is 0.00000256. The van der Waals surface area contributed by atoms with Gasteiger partial charge < -0.3 is 29.7 Å². The van der Waals surface area contributed by atoms with E-state index in [0.717, 1.165) is 0 Å². The zero-order valence-corrected chi connectivity index (χ0v) is 11.6. The van der Waals surface area contributed by atoms with Crippen LogP contribution < -0.4 is 29.6 Å². The summed E-state index contributed by atoms with van der Waals surface area (Å²) in [6, 6.07) is 0. The molecule has 0 amide bonds. The molecule has 0 aromatic heterocycles. The monoisotopic (exact) mass is 282 g/mol. The maximum absolute atomic E-state index is 10.1. The van der Waals surface area contributed by atoms with Crippen LogP contribution in [0.15, 0.2) is 0 Å². The predicted octanol–water partition coefficient (Wildman–Crippen LogP) is -6.73. The van der Waals surface area contributed by atoms with Gasteiger partial charge in [-0.25, -0.2) is 8.42 Å². The standard InChI is InChI=1S/C6H12O9S.Na/c7-3-2(1-14-16(11,12)13)15-6(10)5(9)4(3)8;/h2-10H,1H2,(H,11,12,13);/q;+1/p-1. The number of ether oxygens (including phenoxy) is 1. The molecule has 0 aromatic carbocycles. The van der Waals surface area contributed by atoms with E-state index in [1.165, 1.54) is 0 Å². The Morgan fingerprint density at radius 2 is 1.65 bits per heavy atom. The molecule has 0 aliphatic carbocycles. The van der Waals surface area contributed by atoms with E-state index in [9.17, 15) is 23.2 Å². The van der Waals surface area contributed by atoms with Crippen LogP contribution in [0.2, 0.25) is 0 Å². The van der Waals surface area contributed by atoms with Crippen LogP contribution in [0.25, 0.3) is 0 Å². The maximum Gasteiger partial charge on any atom is 1.00 e. The van der Waals surface area contributed by atoms with Gasteiger partial charge in [0.2, 0.25) is 10.4 Å². The van der Waals surface area contributed by atoms with Gasteiger partial charge in [0.1, 0.15) is 24.4 Å². The molecule has 1 heterocycles. The molecular formula is C6H11NaO9S. The first-order valence-corrected chi connectivity index (χ1v) is 5.53. The summed E-state index contributed by atoms with van der Waals surface area (Å²) < 4.78 is 38.7. The van der Waals surface area contributed by atoms with E-state index in [0.29, 0.717) is 0 Å². The molecule has 96 valence electrons. The normalized spacial score (nSPS) is 38.5. The van der Waals surface area contributed by atoms with E-state index in [4.69, 9.17) is 10.2 Å². The SMILES string of the molecule is O=S(=O)([O-])OCC1OC(O)C(O)C(O)C1O.[Na+]. The molecule has 0 radical (unpaired) electrons. The van der Waals surface area contributed by atoms with Crippen LogP contribution in [0.1, 0.15) is 0 Å². The van der Waals surface area contributed by atoms with Crippen LogP contribution in [-0.2, 0) is 19.3 Å². The predicted molar refractivity (Wildman–Crippen MR) is 44.5 cm³/mol. The molecule has 0 spiro atoms. The largest absolute Gasteiger partial charge is 1.00 e. The Kier molecular flexibility index (Phi) is 6.99. The summed E-state index contributed by atoms with van der Waals surface area (Å²) in [4.78, 5) is 0. The van der Waals surface area contributed by atoms with Crippen molar-refractivity contribution in [3.63, 3.8) is 0 Å². The third-order valence-corrected chi connectivity index (χ3v) is 2.49. The molecule has 9 nitrogen and oxygen atoms in total. The van der Waals surface area contributed by atoms with Crippen LogP contribution in [-0.4, -0.2) is 70.7 Å². The van der Waals surface area contributed by atoms with Crippen LogP contribution in [0, 0.1) is 0 Å². The Morgan fingerprint density at radius 3 is 2.12 bits per heavy atom. The van der Waals surface area contributed by atoms with Crippen molar-refractivity contribution in [2.24, 2.45) is 0 Å². The molecule has 5 unspecified atom stereocenters. The average Bonchev–Trinajstić information content (AvgIpc) is 2.17. The molecule has 1 saturated heterocycles. The van der Waals surface area contributed by atoms with Gasteiger partial charge in [0.25, 0.3) is 0 Å². The minimum absolute atomic E-state index is 0. The van der Waals surface area contributed by atoms with Gasteiger partial charge >= 0.3 is 29.6 Å². The van der Waals surface area contributed by atoms with Crippen molar-refractivity contribution in [1.82, 2.24) is 0 Å². The van der Waals surface area contributed by atoms with Crippen LogP contribution in [0.3, 0.4) is 0 Å². The van der Waals surface area contributed by atoms with Gasteiger partial charge in [-0.3, -0.25) is 4.18 Å². The molecule has 0 saturated carbocycles. The Hall–Kier alpha value is 0.670. The van der Waals surface area contributed by atoms with Crippen molar-refractivity contribution in [2.75, 3.05) is 6.61 Å². The second-order valence-corrected chi connectivity index (χ2v) is 4.28. The molecule has 11 heteroatoms. The van der Waals surface area contributed by atoms with Crippen molar-refractivity contribution in [2.45, 2.75) is 30.7 Å². The van der Waals surface area contributed by atoms with E-state index < -0.39 is 47.7 Å². The zero-order chi connectivity index (χ0) is 12.5. The molecule has 0 bridgehead atoms. The fraction of sp³-hybridized carbons (Fsp3) is 1.00. The number of aliphatic hydroxyl groups is 4. The Bertz CT molecular complexity index is 332. The minimum Gasteiger partial charge on any atom is -0.726 e. The summed E-state index contributed by atoms with van der Waals surface area (Å²) in [5.41, 5.74) is 0. The second-order valence-electron chi connectivity index (χ2n) is 3.23. The summed E-state index contributed by atoms with van der Waals surface area (Å²) >= 11 is 0. The summed E-state index contributed by atoms with van der Waals surface area (Å²) in [5.74, 6) is 0. The van der Waals surface area contributed by atoms with E-state index in [1.54, 1.807) is 0 Å². The molecule has 1 aliphatic heterocycles. The molecule has 4 N–H and O–H groups in total. The van der Waals surface area contributed by atoms with Crippen LogP contribution >= 0.6 is 0 Å². The molecular weight excluding hydrogens is 271 g/mol. The average molecular weight is 282 g/mol. The first-order valence-electron chi connectivity index (χ1n) is 4.20. The first kappa shape index (κ1) is 17.7. The fourth-order valence-electron chi connectivity index (χ4n) is 1.22. The number of aliphatic hydroxyl groups excluding tert-OH is 4. The van der Waals surface area contributed by atoms with E-state index in [2.05, 4.69) is 8.92 Å². The van der Waals surface area contributed by atoms with Gasteiger partial charge in [-0.15, -0.1) is 0 Å². The van der Waals surface area contributed by atoms with Gasteiger partial charge in [-0.2, -0.15) is 0 Å². The molecule has 0 aromatic rings. The maximum atomic E-state index is 10.1. The van der Waals surface area contributed by atoms with Gasteiger partial charge in [0.05, 0.1) is 6.61 Å². The van der Waals surface area contributed by atoms with Crippen molar-refractivity contribution >= 4 is 10.4 Å². The molecule has 1 aliphatic rings. The molecule has 1 fully saturated rings. The molecule has 5 atom stereocenters. The van der Waals surface area contributed by atoms with Crippen molar-refractivity contribution < 1.29 is 71.9 Å². The topological polar surface area (TPSA) is 157 Å². The van der Waals surface area contributed by atoms with Crippen molar-refractivity contribution in [3.05, 3.63) is 0 Å². The summed E-state index contributed by atoms with van der Waals surface area (Å²) in [6.45, 7) is -0.867.